The third-order valence-corrected chi connectivity index (χ3v) is 4.29. The zero-order valence-corrected chi connectivity index (χ0v) is 13.0. The van der Waals surface area contributed by atoms with Crippen LogP contribution in [0.2, 0.25) is 0 Å². The van der Waals surface area contributed by atoms with Gasteiger partial charge in [0.2, 0.25) is 11.8 Å². The minimum absolute atomic E-state index is 0.0877. The van der Waals surface area contributed by atoms with Crippen molar-refractivity contribution in [2.24, 2.45) is 0 Å². The van der Waals surface area contributed by atoms with Crippen LogP contribution in [-0.4, -0.2) is 40.8 Å². The lowest BCUT2D eigenvalue weighted by Crippen LogP contribution is -2.43. The Hall–Kier alpha value is -1.20. The fourth-order valence-electron chi connectivity index (χ4n) is 3.23. The van der Waals surface area contributed by atoms with Gasteiger partial charge in [-0.3, -0.25) is 4.90 Å². The average Bonchev–Trinajstić information content (AvgIpc) is 2.92. The zero-order chi connectivity index (χ0) is 14.7. The summed E-state index contributed by atoms with van der Waals surface area (Å²) in [6.45, 7) is 6.86. The molecule has 5 nitrogen and oxygen atoms in total. The van der Waals surface area contributed by atoms with E-state index < -0.39 is 0 Å². The fraction of sp³-hybridized carbons (Fsp3) is 0.750. The van der Waals surface area contributed by atoms with Gasteiger partial charge in [-0.25, -0.2) is 0 Å². The fourth-order valence-corrected chi connectivity index (χ4v) is 3.23. The molecule has 0 amide bonds. The predicted octanol–water partition coefficient (Wildman–Crippen LogP) is 3.03. The van der Waals surface area contributed by atoms with Crippen LogP contribution in [0.3, 0.4) is 0 Å². The number of morpholine rings is 1. The third kappa shape index (κ3) is 3.92. The van der Waals surface area contributed by atoms with E-state index in [2.05, 4.69) is 28.1 Å². The summed E-state index contributed by atoms with van der Waals surface area (Å²) in [5.41, 5.74) is 1.63. The van der Waals surface area contributed by atoms with Crippen molar-refractivity contribution in [2.45, 2.75) is 58.2 Å². The molecule has 116 valence electrons. The highest BCUT2D eigenvalue weighted by Gasteiger charge is 2.29. The SMILES string of the molecule is Cc1nnc([C@H]2CN(CCC3=CCCCC3)C[C@@H](C)O2)o1. The second-order valence-corrected chi connectivity index (χ2v) is 6.21. The molecule has 0 radical (unpaired) electrons. The van der Waals surface area contributed by atoms with Crippen molar-refractivity contribution in [3.05, 3.63) is 23.4 Å². The summed E-state index contributed by atoms with van der Waals surface area (Å²) < 4.78 is 11.5. The molecule has 0 spiro atoms. The minimum atomic E-state index is -0.0877. The van der Waals surface area contributed by atoms with Crippen molar-refractivity contribution < 1.29 is 9.15 Å². The van der Waals surface area contributed by atoms with E-state index in [4.69, 9.17) is 9.15 Å². The third-order valence-electron chi connectivity index (χ3n) is 4.29. The molecule has 0 N–H and O–H groups in total. The van der Waals surface area contributed by atoms with E-state index >= 15 is 0 Å². The van der Waals surface area contributed by atoms with Gasteiger partial charge < -0.3 is 9.15 Å². The molecule has 2 heterocycles. The van der Waals surface area contributed by atoms with E-state index in [1.165, 1.54) is 32.1 Å². The summed E-state index contributed by atoms with van der Waals surface area (Å²) in [6.07, 6.45) is 9.00. The van der Waals surface area contributed by atoms with Crippen molar-refractivity contribution in [1.29, 1.82) is 0 Å². The standard InChI is InChI=1S/C16H25N3O2/c1-12-10-19(9-8-14-6-4-3-5-7-14)11-15(20-12)16-18-17-13(2)21-16/h6,12,15H,3-5,7-11H2,1-2H3/t12-,15-/m1/s1. The van der Waals surface area contributed by atoms with Crippen LogP contribution in [-0.2, 0) is 4.74 Å². The number of rotatable bonds is 4. The summed E-state index contributed by atoms with van der Waals surface area (Å²) in [5, 5.41) is 8.02. The summed E-state index contributed by atoms with van der Waals surface area (Å²) in [5.74, 6) is 1.21. The Kier molecular flexibility index (Phi) is 4.70. The zero-order valence-electron chi connectivity index (χ0n) is 13.0. The van der Waals surface area contributed by atoms with Crippen LogP contribution >= 0.6 is 0 Å². The van der Waals surface area contributed by atoms with E-state index in [-0.39, 0.29) is 12.2 Å². The predicted molar refractivity (Wildman–Crippen MR) is 79.9 cm³/mol. The molecule has 0 unspecified atom stereocenters. The normalized spacial score (nSPS) is 27.6. The van der Waals surface area contributed by atoms with Crippen LogP contribution in [0.25, 0.3) is 0 Å². The smallest absolute Gasteiger partial charge is 0.246 e. The number of nitrogens with zero attached hydrogens (tertiary/aromatic N) is 3. The van der Waals surface area contributed by atoms with Gasteiger partial charge in [0.05, 0.1) is 6.10 Å². The van der Waals surface area contributed by atoms with Gasteiger partial charge in [0, 0.05) is 26.6 Å². The van der Waals surface area contributed by atoms with Gasteiger partial charge in [0.15, 0.2) is 0 Å². The van der Waals surface area contributed by atoms with Crippen LogP contribution in [0, 0.1) is 6.92 Å². The van der Waals surface area contributed by atoms with E-state index in [9.17, 15) is 0 Å². The first kappa shape index (κ1) is 14.7. The number of hydrogen-bond donors (Lipinski definition) is 0. The molecule has 21 heavy (non-hydrogen) atoms. The van der Waals surface area contributed by atoms with Gasteiger partial charge >= 0.3 is 0 Å². The number of aromatic nitrogens is 2. The molecule has 1 aromatic rings. The van der Waals surface area contributed by atoms with E-state index in [0.29, 0.717) is 11.8 Å². The first-order valence-electron chi connectivity index (χ1n) is 8.06. The van der Waals surface area contributed by atoms with Crippen molar-refractivity contribution in [2.75, 3.05) is 19.6 Å². The molecule has 0 saturated carbocycles. The Balaban J connectivity index is 1.56. The van der Waals surface area contributed by atoms with Gasteiger partial charge in [0.1, 0.15) is 6.10 Å². The summed E-state index contributed by atoms with van der Waals surface area (Å²) in [4.78, 5) is 2.47. The largest absolute Gasteiger partial charge is 0.423 e. The van der Waals surface area contributed by atoms with Crippen LogP contribution < -0.4 is 0 Å². The lowest BCUT2D eigenvalue weighted by atomic mass is 9.97. The molecule has 2 aliphatic rings. The molecule has 0 bridgehead atoms. The lowest BCUT2D eigenvalue weighted by molar-refractivity contribution is -0.0890. The van der Waals surface area contributed by atoms with Crippen molar-refractivity contribution in [1.82, 2.24) is 15.1 Å². The van der Waals surface area contributed by atoms with Gasteiger partial charge in [-0.1, -0.05) is 11.6 Å². The summed E-state index contributed by atoms with van der Waals surface area (Å²) in [7, 11) is 0. The molecule has 1 aromatic heterocycles. The molecular formula is C16H25N3O2. The molecule has 5 heteroatoms. The van der Waals surface area contributed by atoms with E-state index in [1.807, 2.05) is 6.92 Å². The average molecular weight is 291 g/mol. The molecule has 1 saturated heterocycles. The first-order valence-corrected chi connectivity index (χ1v) is 8.06. The second-order valence-electron chi connectivity index (χ2n) is 6.21. The molecule has 1 aliphatic carbocycles. The van der Waals surface area contributed by atoms with Crippen molar-refractivity contribution in [3.63, 3.8) is 0 Å². The molecular weight excluding hydrogens is 266 g/mol. The number of allylic oxidation sites excluding steroid dienone is 1. The van der Waals surface area contributed by atoms with Crippen molar-refractivity contribution >= 4 is 0 Å². The number of aryl methyl sites for hydroxylation is 1. The summed E-state index contributed by atoms with van der Waals surface area (Å²) in [6, 6.07) is 0. The molecule has 2 atom stereocenters. The Morgan fingerprint density at radius 3 is 2.90 bits per heavy atom. The quantitative estimate of drug-likeness (QED) is 0.798. The van der Waals surface area contributed by atoms with Crippen LogP contribution in [0.15, 0.2) is 16.1 Å². The highest BCUT2D eigenvalue weighted by atomic mass is 16.5. The monoisotopic (exact) mass is 291 g/mol. The van der Waals surface area contributed by atoms with E-state index in [0.717, 1.165) is 19.6 Å². The van der Waals surface area contributed by atoms with E-state index in [1.54, 1.807) is 5.57 Å². The van der Waals surface area contributed by atoms with Gasteiger partial charge in [-0.15, -0.1) is 10.2 Å². The number of ether oxygens (including phenoxy) is 1. The van der Waals surface area contributed by atoms with Gasteiger partial charge in [-0.05, 0) is 39.0 Å². The molecule has 1 fully saturated rings. The van der Waals surface area contributed by atoms with Gasteiger partial charge in [-0.2, -0.15) is 0 Å². The molecule has 0 aromatic carbocycles. The van der Waals surface area contributed by atoms with Gasteiger partial charge in [0.25, 0.3) is 0 Å². The Morgan fingerprint density at radius 2 is 2.19 bits per heavy atom. The second kappa shape index (κ2) is 6.71. The van der Waals surface area contributed by atoms with Crippen LogP contribution in [0.4, 0.5) is 0 Å². The maximum atomic E-state index is 5.96. The highest BCUT2D eigenvalue weighted by molar-refractivity contribution is 5.05. The Morgan fingerprint density at radius 1 is 1.29 bits per heavy atom. The summed E-state index contributed by atoms with van der Waals surface area (Å²) >= 11 is 0. The Labute approximate surface area is 126 Å². The maximum absolute atomic E-state index is 5.96. The maximum Gasteiger partial charge on any atom is 0.246 e. The van der Waals surface area contributed by atoms with Crippen LogP contribution in [0.1, 0.15) is 56.9 Å². The highest BCUT2D eigenvalue weighted by Crippen LogP contribution is 2.26. The topological polar surface area (TPSA) is 51.4 Å². The number of hydrogen-bond acceptors (Lipinski definition) is 5. The lowest BCUT2D eigenvalue weighted by Gasteiger charge is -2.35. The van der Waals surface area contributed by atoms with Crippen LogP contribution in [0.5, 0.6) is 0 Å². The Bertz CT molecular complexity index is 497. The molecule has 1 aliphatic heterocycles. The minimum Gasteiger partial charge on any atom is -0.423 e. The molecule has 3 rings (SSSR count). The van der Waals surface area contributed by atoms with Crippen molar-refractivity contribution in [3.8, 4) is 0 Å². The first-order chi connectivity index (χ1) is 10.2.